The molecule has 0 atom stereocenters. The Morgan fingerprint density at radius 3 is 2.58 bits per heavy atom. The summed E-state index contributed by atoms with van der Waals surface area (Å²) in [5.41, 5.74) is 7.16. The van der Waals surface area contributed by atoms with Gasteiger partial charge < -0.3 is 9.47 Å². The molecule has 33 heavy (non-hydrogen) atoms. The van der Waals surface area contributed by atoms with E-state index in [1.165, 1.54) is 42.6 Å². The predicted octanol–water partition coefficient (Wildman–Crippen LogP) is 5.92. The summed E-state index contributed by atoms with van der Waals surface area (Å²) in [7, 11) is 0. The molecule has 1 saturated heterocycles. The lowest BCUT2D eigenvalue weighted by molar-refractivity contribution is 0.301. The smallest absolute Gasteiger partial charge is 0.185 e. The van der Waals surface area contributed by atoms with Crippen molar-refractivity contribution in [2.24, 2.45) is 5.41 Å². The molecule has 5 nitrogen and oxygen atoms in total. The van der Waals surface area contributed by atoms with E-state index in [0.29, 0.717) is 5.41 Å². The molecule has 0 saturated carbocycles. The molecule has 0 spiro atoms. The number of halogens is 1. The van der Waals surface area contributed by atoms with Crippen molar-refractivity contribution in [1.82, 2.24) is 19.3 Å². The Labute approximate surface area is 193 Å². The Morgan fingerprint density at radius 1 is 1.00 bits per heavy atom. The van der Waals surface area contributed by atoms with Gasteiger partial charge in [-0.15, -0.1) is 10.2 Å². The lowest BCUT2D eigenvalue weighted by Crippen LogP contribution is -2.26. The van der Waals surface area contributed by atoms with Crippen LogP contribution in [0.15, 0.2) is 61.1 Å². The van der Waals surface area contributed by atoms with Gasteiger partial charge in [-0.1, -0.05) is 26.0 Å². The summed E-state index contributed by atoms with van der Waals surface area (Å²) in [6.45, 7) is 7.64. The standard InChI is InChI=1S/C27H28FN5/c1-3-27(4-2)11-12-31(17-27)23-9-10-24-21(13-23)16-32-15-20(19-5-7-22(28)8-6-19)14-25(32)26-30-29-18-33(24)26/h5-10,13-15,18H,3-4,11-12,16-17H2,1-2H3. The van der Waals surface area contributed by atoms with Gasteiger partial charge in [-0.05, 0) is 72.2 Å². The minimum absolute atomic E-state index is 0.224. The van der Waals surface area contributed by atoms with Crippen LogP contribution < -0.4 is 4.90 Å². The molecule has 6 heteroatoms. The maximum absolute atomic E-state index is 13.4. The van der Waals surface area contributed by atoms with Gasteiger partial charge >= 0.3 is 0 Å². The topological polar surface area (TPSA) is 38.9 Å². The molecule has 0 unspecified atom stereocenters. The third-order valence-electron chi connectivity index (χ3n) is 7.82. The number of anilines is 1. The molecule has 4 aromatic rings. The molecular weight excluding hydrogens is 413 g/mol. The van der Waals surface area contributed by atoms with E-state index in [9.17, 15) is 4.39 Å². The second-order valence-electron chi connectivity index (χ2n) is 9.47. The lowest BCUT2D eigenvalue weighted by Gasteiger charge is -2.27. The van der Waals surface area contributed by atoms with Crippen LogP contribution in [-0.2, 0) is 6.54 Å². The normalized spacial score (nSPS) is 16.3. The largest absolute Gasteiger partial charge is 0.371 e. The number of aromatic nitrogens is 4. The summed E-state index contributed by atoms with van der Waals surface area (Å²) in [4.78, 5) is 2.55. The highest BCUT2D eigenvalue weighted by atomic mass is 19.1. The number of hydrogen-bond donors (Lipinski definition) is 0. The first kappa shape index (κ1) is 20.2. The summed E-state index contributed by atoms with van der Waals surface area (Å²) in [6.07, 6.45) is 7.65. The van der Waals surface area contributed by atoms with Gasteiger partial charge in [-0.3, -0.25) is 4.57 Å². The average molecular weight is 442 g/mol. The molecule has 0 bridgehead atoms. The number of benzene rings is 2. The van der Waals surface area contributed by atoms with Gasteiger partial charge in [0.2, 0.25) is 0 Å². The molecule has 0 amide bonds. The minimum atomic E-state index is -0.224. The highest BCUT2D eigenvalue weighted by Gasteiger charge is 2.35. The van der Waals surface area contributed by atoms with Crippen LogP contribution in [0.4, 0.5) is 10.1 Å². The molecule has 4 heterocycles. The van der Waals surface area contributed by atoms with Crippen LogP contribution >= 0.6 is 0 Å². The van der Waals surface area contributed by atoms with Crippen LogP contribution in [0.25, 0.3) is 28.3 Å². The molecule has 2 aromatic carbocycles. The molecule has 0 aliphatic carbocycles. The SMILES string of the molecule is CCC1(CC)CCN(c2ccc3c(c2)Cn2cc(-c4ccc(F)cc4)cc2-c2nncn2-3)C1. The number of nitrogens with zero attached hydrogens (tertiary/aromatic N) is 5. The maximum atomic E-state index is 13.4. The number of hydrogen-bond acceptors (Lipinski definition) is 3. The van der Waals surface area contributed by atoms with Crippen molar-refractivity contribution in [3.05, 3.63) is 72.4 Å². The second kappa shape index (κ2) is 7.58. The first-order valence-corrected chi connectivity index (χ1v) is 11.8. The van der Waals surface area contributed by atoms with Crippen LogP contribution in [0.1, 0.15) is 38.7 Å². The zero-order chi connectivity index (χ0) is 22.6. The third kappa shape index (κ3) is 3.27. The van der Waals surface area contributed by atoms with Gasteiger partial charge in [0.25, 0.3) is 0 Å². The Bertz CT molecular complexity index is 1310. The van der Waals surface area contributed by atoms with Crippen LogP contribution in [0, 0.1) is 11.2 Å². The summed E-state index contributed by atoms with van der Waals surface area (Å²) >= 11 is 0. The minimum Gasteiger partial charge on any atom is -0.371 e. The Balaban J connectivity index is 1.41. The van der Waals surface area contributed by atoms with Gasteiger partial charge in [0, 0.05) is 37.1 Å². The molecule has 2 aromatic heterocycles. The molecule has 2 aliphatic heterocycles. The maximum Gasteiger partial charge on any atom is 0.185 e. The predicted molar refractivity (Wildman–Crippen MR) is 129 cm³/mol. The first-order valence-electron chi connectivity index (χ1n) is 11.8. The first-order chi connectivity index (χ1) is 16.1. The molecule has 0 radical (unpaired) electrons. The van der Waals surface area contributed by atoms with Crippen LogP contribution in [0.2, 0.25) is 0 Å². The van der Waals surface area contributed by atoms with E-state index in [-0.39, 0.29) is 5.82 Å². The lowest BCUT2D eigenvalue weighted by atomic mass is 9.82. The highest BCUT2D eigenvalue weighted by molar-refractivity contribution is 5.72. The molecule has 6 rings (SSSR count). The summed E-state index contributed by atoms with van der Waals surface area (Å²) in [5, 5.41) is 8.66. The summed E-state index contributed by atoms with van der Waals surface area (Å²) < 4.78 is 17.8. The van der Waals surface area contributed by atoms with E-state index >= 15 is 0 Å². The zero-order valence-electron chi connectivity index (χ0n) is 19.1. The van der Waals surface area contributed by atoms with Crippen molar-refractivity contribution >= 4 is 5.69 Å². The second-order valence-corrected chi connectivity index (χ2v) is 9.47. The Morgan fingerprint density at radius 2 is 1.82 bits per heavy atom. The van der Waals surface area contributed by atoms with Crippen molar-refractivity contribution in [2.45, 2.75) is 39.7 Å². The van der Waals surface area contributed by atoms with Gasteiger partial charge in [0.15, 0.2) is 5.82 Å². The van der Waals surface area contributed by atoms with E-state index in [0.717, 1.165) is 48.0 Å². The zero-order valence-corrected chi connectivity index (χ0v) is 19.1. The number of fused-ring (bicyclic) bond motifs is 5. The van der Waals surface area contributed by atoms with Crippen LogP contribution in [-0.4, -0.2) is 32.4 Å². The fraction of sp³-hybridized carbons (Fsp3) is 0.333. The summed E-state index contributed by atoms with van der Waals surface area (Å²) in [5.74, 6) is 0.602. The molecular formula is C27H28FN5. The fourth-order valence-electron chi connectivity index (χ4n) is 5.51. The van der Waals surface area contributed by atoms with Crippen molar-refractivity contribution in [3.8, 4) is 28.3 Å². The van der Waals surface area contributed by atoms with E-state index in [1.807, 2.05) is 12.1 Å². The Hall–Kier alpha value is -3.41. The van der Waals surface area contributed by atoms with Crippen molar-refractivity contribution in [2.75, 3.05) is 18.0 Å². The number of rotatable bonds is 4. The fourth-order valence-corrected chi connectivity index (χ4v) is 5.51. The average Bonchev–Trinajstić information content (AvgIpc) is 3.57. The summed E-state index contributed by atoms with van der Waals surface area (Å²) in [6, 6.07) is 15.6. The quantitative estimate of drug-likeness (QED) is 0.347. The highest BCUT2D eigenvalue weighted by Crippen LogP contribution is 2.40. The van der Waals surface area contributed by atoms with Crippen LogP contribution in [0.5, 0.6) is 0 Å². The van der Waals surface area contributed by atoms with E-state index < -0.39 is 0 Å². The Kier molecular flexibility index (Phi) is 4.64. The van der Waals surface area contributed by atoms with Gasteiger partial charge in [-0.25, -0.2) is 4.39 Å². The van der Waals surface area contributed by atoms with Gasteiger partial charge in [0.05, 0.1) is 11.4 Å². The third-order valence-corrected chi connectivity index (χ3v) is 7.82. The molecule has 0 N–H and O–H groups in total. The van der Waals surface area contributed by atoms with Crippen molar-refractivity contribution in [3.63, 3.8) is 0 Å². The van der Waals surface area contributed by atoms with E-state index in [2.05, 4.69) is 68.5 Å². The monoisotopic (exact) mass is 441 g/mol. The van der Waals surface area contributed by atoms with Gasteiger partial charge in [-0.2, -0.15) is 0 Å². The van der Waals surface area contributed by atoms with E-state index in [4.69, 9.17) is 0 Å². The van der Waals surface area contributed by atoms with Crippen LogP contribution in [0.3, 0.4) is 0 Å². The molecule has 2 aliphatic rings. The van der Waals surface area contributed by atoms with E-state index in [1.54, 1.807) is 6.33 Å². The van der Waals surface area contributed by atoms with Crippen molar-refractivity contribution in [1.29, 1.82) is 0 Å². The van der Waals surface area contributed by atoms with Crippen molar-refractivity contribution < 1.29 is 4.39 Å². The van der Waals surface area contributed by atoms with Gasteiger partial charge in [0.1, 0.15) is 12.1 Å². The molecule has 168 valence electrons. The molecule has 1 fully saturated rings.